The van der Waals surface area contributed by atoms with Crippen LogP contribution in [0.2, 0.25) is 0 Å². The number of rotatable bonds is 8. The second-order valence-corrected chi connectivity index (χ2v) is 7.22. The first-order chi connectivity index (χ1) is 13.9. The zero-order valence-corrected chi connectivity index (χ0v) is 17.2. The Balaban J connectivity index is 2.11. The van der Waals surface area contributed by atoms with Gasteiger partial charge in [-0.25, -0.2) is 4.98 Å². The summed E-state index contributed by atoms with van der Waals surface area (Å²) in [6.45, 7) is 9.72. The Hall–Kier alpha value is -2.34. The fourth-order valence-electron chi connectivity index (χ4n) is 3.86. The standard InChI is InChI=1S/C23H28F3N3/c1-4-19(17-10-8-7-9-11-17)22-27-20-16-18(23(24,25)26)12-13-21(20)29(22)15-14-28(5-2)6-3/h7-13,16,19H,4-6,14-15H2,1-3H3. The zero-order chi connectivity index (χ0) is 21.0. The van der Waals surface area contributed by atoms with Crippen LogP contribution in [-0.4, -0.2) is 34.1 Å². The molecule has 0 fully saturated rings. The lowest BCUT2D eigenvalue weighted by Gasteiger charge is -2.22. The van der Waals surface area contributed by atoms with Gasteiger partial charge in [0.15, 0.2) is 0 Å². The molecule has 156 valence electrons. The molecule has 0 radical (unpaired) electrons. The van der Waals surface area contributed by atoms with E-state index < -0.39 is 11.7 Å². The van der Waals surface area contributed by atoms with Gasteiger partial charge in [-0.3, -0.25) is 0 Å². The largest absolute Gasteiger partial charge is 0.416 e. The molecule has 6 heteroatoms. The number of hydrogen-bond donors (Lipinski definition) is 0. The molecular weight excluding hydrogens is 375 g/mol. The average molecular weight is 403 g/mol. The van der Waals surface area contributed by atoms with Crippen molar-refractivity contribution < 1.29 is 13.2 Å². The second-order valence-electron chi connectivity index (χ2n) is 7.22. The van der Waals surface area contributed by atoms with Gasteiger partial charge in [0, 0.05) is 19.0 Å². The summed E-state index contributed by atoms with van der Waals surface area (Å²) in [7, 11) is 0. The van der Waals surface area contributed by atoms with E-state index >= 15 is 0 Å². The third-order valence-electron chi connectivity index (χ3n) is 5.56. The number of benzene rings is 2. The van der Waals surface area contributed by atoms with Crippen LogP contribution < -0.4 is 0 Å². The van der Waals surface area contributed by atoms with Crippen molar-refractivity contribution in [3.05, 3.63) is 65.5 Å². The summed E-state index contributed by atoms with van der Waals surface area (Å²) < 4.78 is 41.8. The number of aromatic nitrogens is 2. The Bertz CT molecular complexity index is 928. The van der Waals surface area contributed by atoms with Crippen LogP contribution in [0.1, 0.15) is 50.1 Å². The minimum absolute atomic E-state index is 0.0367. The van der Waals surface area contributed by atoms with Gasteiger partial charge >= 0.3 is 6.18 Å². The van der Waals surface area contributed by atoms with Crippen molar-refractivity contribution in [2.45, 2.75) is 45.8 Å². The number of hydrogen-bond acceptors (Lipinski definition) is 2. The van der Waals surface area contributed by atoms with Gasteiger partial charge in [0.25, 0.3) is 0 Å². The molecule has 1 aromatic heterocycles. The van der Waals surface area contributed by atoms with Gasteiger partial charge in [-0.1, -0.05) is 51.1 Å². The first kappa shape index (κ1) is 21.4. The van der Waals surface area contributed by atoms with Gasteiger partial charge in [0.1, 0.15) is 5.82 Å². The molecule has 3 aromatic rings. The summed E-state index contributed by atoms with van der Waals surface area (Å²) in [6, 6.07) is 14.0. The van der Waals surface area contributed by atoms with Crippen molar-refractivity contribution >= 4 is 11.0 Å². The lowest BCUT2D eigenvalue weighted by molar-refractivity contribution is -0.137. The highest BCUT2D eigenvalue weighted by atomic mass is 19.4. The van der Waals surface area contributed by atoms with Gasteiger partial charge in [0.05, 0.1) is 16.6 Å². The molecule has 0 saturated carbocycles. The van der Waals surface area contributed by atoms with E-state index in [0.717, 1.165) is 49.0 Å². The Labute approximate surface area is 170 Å². The molecule has 1 heterocycles. The molecule has 3 rings (SSSR count). The molecular formula is C23H28F3N3. The summed E-state index contributed by atoms with van der Waals surface area (Å²) in [5, 5.41) is 0. The molecule has 0 spiro atoms. The minimum Gasteiger partial charge on any atom is -0.326 e. The fraction of sp³-hybridized carbons (Fsp3) is 0.435. The number of nitrogens with zero attached hydrogens (tertiary/aromatic N) is 3. The second kappa shape index (κ2) is 8.99. The van der Waals surface area contributed by atoms with Crippen LogP contribution in [0, 0.1) is 0 Å². The summed E-state index contributed by atoms with van der Waals surface area (Å²) in [5.41, 5.74) is 1.64. The SMILES string of the molecule is CCC(c1ccccc1)c1nc2cc(C(F)(F)F)ccc2n1CCN(CC)CC. The molecule has 2 aromatic carbocycles. The van der Waals surface area contributed by atoms with Gasteiger partial charge in [-0.2, -0.15) is 13.2 Å². The molecule has 29 heavy (non-hydrogen) atoms. The van der Waals surface area contributed by atoms with Crippen molar-refractivity contribution in [3.8, 4) is 0 Å². The quantitative estimate of drug-likeness (QED) is 0.464. The van der Waals surface area contributed by atoms with Crippen LogP contribution in [0.5, 0.6) is 0 Å². The Morgan fingerprint density at radius 2 is 1.69 bits per heavy atom. The highest BCUT2D eigenvalue weighted by Crippen LogP contribution is 2.34. The van der Waals surface area contributed by atoms with E-state index in [1.54, 1.807) is 6.07 Å². The molecule has 0 aliphatic rings. The smallest absolute Gasteiger partial charge is 0.326 e. The topological polar surface area (TPSA) is 21.1 Å². The lowest BCUT2D eigenvalue weighted by Crippen LogP contribution is -2.27. The number of fused-ring (bicyclic) bond motifs is 1. The van der Waals surface area contributed by atoms with E-state index in [0.29, 0.717) is 12.1 Å². The van der Waals surface area contributed by atoms with Crippen LogP contribution in [0.25, 0.3) is 11.0 Å². The van der Waals surface area contributed by atoms with Crippen LogP contribution >= 0.6 is 0 Å². The summed E-state index contributed by atoms with van der Waals surface area (Å²) in [4.78, 5) is 7.02. The Morgan fingerprint density at radius 3 is 2.28 bits per heavy atom. The van der Waals surface area contributed by atoms with Crippen LogP contribution in [0.4, 0.5) is 13.2 Å². The Kier molecular flexibility index (Phi) is 6.63. The van der Waals surface area contributed by atoms with E-state index in [4.69, 9.17) is 4.98 Å². The van der Waals surface area contributed by atoms with Crippen LogP contribution in [-0.2, 0) is 12.7 Å². The predicted molar refractivity (Wildman–Crippen MR) is 111 cm³/mol. The summed E-state index contributed by atoms with van der Waals surface area (Å²) in [6.07, 6.45) is -3.55. The van der Waals surface area contributed by atoms with Crippen molar-refractivity contribution in [1.82, 2.24) is 14.5 Å². The van der Waals surface area contributed by atoms with Gasteiger partial charge in [-0.05, 0) is 43.3 Å². The summed E-state index contributed by atoms with van der Waals surface area (Å²) >= 11 is 0. The van der Waals surface area contributed by atoms with E-state index in [2.05, 4.69) is 42.4 Å². The van der Waals surface area contributed by atoms with E-state index in [1.807, 2.05) is 18.2 Å². The highest BCUT2D eigenvalue weighted by Gasteiger charge is 2.31. The number of likely N-dealkylation sites (N-methyl/N-ethyl adjacent to an activating group) is 1. The molecule has 0 aliphatic carbocycles. The minimum atomic E-state index is -4.37. The first-order valence-corrected chi connectivity index (χ1v) is 10.2. The van der Waals surface area contributed by atoms with E-state index in [9.17, 15) is 13.2 Å². The average Bonchev–Trinajstić information content (AvgIpc) is 3.07. The van der Waals surface area contributed by atoms with Crippen molar-refractivity contribution in [1.29, 1.82) is 0 Å². The van der Waals surface area contributed by atoms with Gasteiger partial charge < -0.3 is 9.47 Å². The zero-order valence-electron chi connectivity index (χ0n) is 17.2. The van der Waals surface area contributed by atoms with Crippen molar-refractivity contribution in [2.75, 3.05) is 19.6 Å². The molecule has 3 nitrogen and oxygen atoms in total. The molecule has 0 saturated heterocycles. The van der Waals surface area contributed by atoms with Crippen LogP contribution in [0.3, 0.4) is 0 Å². The van der Waals surface area contributed by atoms with Crippen molar-refractivity contribution in [2.24, 2.45) is 0 Å². The predicted octanol–water partition coefficient (Wildman–Crippen LogP) is 5.94. The van der Waals surface area contributed by atoms with Gasteiger partial charge in [-0.15, -0.1) is 0 Å². The maximum atomic E-state index is 13.2. The molecule has 0 amide bonds. The summed E-state index contributed by atoms with van der Waals surface area (Å²) in [5.74, 6) is 0.870. The number of imidazole rings is 1. The van der Waals surface area contributed by atoms with Crippen molar-refractivity contribution in [3.63, 3.8) is 0 Å². The maximum absolute atomic E-state index is 13.2. The third kappa shape index (κ3) is 4.64. The number of halogens is 3. The van der Waals surface area contributed by atoms with E-state index in [-0.39, 0.29) is 5.92 Å². The maximum Gasteiger partial charge on any atom is 0.416 e. The molecule has 1 unspecified atom stereocenters. The third-order valence-corrected chi connectivity index (χ3v) is 5.56. The fourth-order valence-corrected chi connectivity index (χ4v) is 3.86. The molecule has 0 aliphatic heterocycles. The molecule has 0 bridgehead atoms. The normalized spacial score (nSPS) is 13.3. The van der Waals surface area contributed by atoms with Gasteiger partial charge in [0.2, 0.25) is 0 Å². The van der Waals surface area contributed by atoms with Crippen LogP contribution in [0.15, 0.2) is 48.5 Å². The highest BCUT2D eigenvalue weighted by molar-refractivity contribution is 5.77. The molecule has 1 atom stereocenters. The molecule has 0 N–H and O–H groups in total. The number of alkyl halides is 3. The lowest BCUT2D eigenvalue weighted by atomic mass is 9.95. The van der Waals surface area contributed by atoms with E-state index in [1.165, 1.54) is 6.07 Å². The Morgan fingerprint density at radius 1 is 1.00 bits per heavy atom. The monoisotopic (exact) mass is 403 g/mol. The first-order valence-electron chi connectivity index (χ1n) is 10.2.